The van der Waals surface area contributed by atoms with Crippen LogP contribution in [0.2, 0.25) is 5.02 Å². The Bertz CT molecular complexity index is 1690. The first-order valence-corrected chi connectivity index (χ1v) is 13.4. The molecule has 5 aromatic rings. The summed E-state index contributed by atoms with van der Waals surface area (Å²) >= 11 is 9.89. The zero-order chi connectivity index (χ0) is 25.3. The van der Waals surface area contributed by atoms with Gasteiger partial charge in [-0.05, 0) is 57.9 Å². The lowest BCUT2D eigenvalue weighted by Crippen LogP contribution is -2.13. The quantitative estimate of drug-likeness (QED) is 0.232. The molecular formula is C25H18BrClFN5O2S. The Morgan fingerprint density at radius 3 is 2.61 bits per heavy atom. The molecule has 5 rings (SSSR count). The Morgan fingerprint density at radius 2 is 1.81 bits per heavy atom. The van der Waals surface area contributed by atoms with Gasteiger partial charge in [0.15, 0.2) is 5.65 Å². The summed E-state index contributed by atoms with van der Waals surface area (Å²) in [5, 5.41) is 8.31. The van der Waals surface area contributed by atoms with E-state index in [1.807, 2.05) is 30.3 Å². The number of nitrogens with one attached hydrogen (secondary N) is 2. The predicted molar refractivity (Wildman–Crippen MR) is 142 cm³/mol. The molecule has 0 unspecified atom stereocenters. The van der Waals surface area contributed by atoms with Gasteiger partial charge in [-0.2, -0.15) is 9.61 Å². The predicted octanol–water partition coefficient (Wildman–Crippen LogP) is 6.36. The van der Waals surface area contributed by atoms with Crippen LogP contribution in [0.1, 0.15) is 5.56 Å². The molecule has 0 spiro atoms. The van der Waals surface area contributed by atoms with Crippen molar-refractivity contribution in [3.8, 4) is 11.3 Å². The molecule has 0 atom stereocenters. The third kappa shape index (κ3) is 5.06. The van der Waals surface area contributed by atoms with Gasteiger partial charge in [0.05, 0.1) is 21.3 Å². The van der Waals surface area contributed by atoms with Gasteiger partial charge in [0.2, 0.25) is 0 Å². The lowest BCUT2D eigenvalue weighted by Gasteiger charge is -2.13. The summed E-state index contributed by atoms with van der Waals surface area (Å²) in [7, 11) is -3.94. The Hall–Kier alpha value is -3.47. The highest BCUT2D eigenvalue weighted by molar-refractivity contribution is 9.10. The molecule has 0 saturated heterocycles. The number of fused-ring (bicyclic) bond motifs is 1. The average Bonchev–Trinajstić information content (AvgIpc) is 3.23. The van der Waals surface area contributed by atoms with Crippen molar-refractivity contribution in [2.75, 3.05) is 10.0 Å². The molecule has 0 amide bonds. The topological polar surface area (TPSA) is 88.4 Å². The van der Waals surface area contributed by atoms with Crippen LogP contribution in [0.15, 0.2) is 94.4 Å². The molecule has 0 bridgehead atoms. The molecule has 0 radical (unpaired) electrons. The Morgan fingerprint density at radius 1 is 1.00 bits per heavy atom. The average molecular weight is 587 g/mol. The minimum Gasteiger partial charge on any atom is -0.366 e. The van der Waals surface area contributed by atoms with E-state index in [0.717, 1.165) is 21.7 Å². The maximum atomic E-state index is 13.5. The molecule has 0 saturated carbocycles. The molecule has 182 valence electrons. The van der Waals surface area contributed by atoms with E-state index >= 15 is 0 Å². The molecule has 0 aliphatic rings. The molecule has 2 aromatic heterocycles. The third-order valence-corrected chi connectivity index (χ3v) is 7.61. The number of hydrogen-bond donors (Lipinski definition) is 2. The van der Waals surface area contributed by atoms with Crippen molar-refractivity contribution in [3.63, 3.8) is 0 Å². The molecule has 0 aliphatic heterocycles. The molecule has 2 heterocycles. The van der Waals surface area contributed by atoms with Crippen LogP contribution in [0.3, 0.4) is 0 Å². The van der Waals surface area contributed by atoms with E-state index in [1.165, 1.54) is 18.2 Å². The van der Waals surface area contributed by atoms with Crippen LogP contribution < -0.4 is 10.0 Å². The molecule has 2 N–H and O–H groups in total. The molecule has 7 nitrogen and oxygen atoms in total. The van der Waals surface area contributed by atoms with Gasteiger partial charge in [-0.3, -0.25) is 4.72 Å². The minimum absolute atomic E-state index is 0.151. The first kappa shape index (κ1) is 24.2. The van der Waals surface area contributed by atoms with Crippen LogP contribution in [-0.4, -0.2) is 23.0 Å². The second-order valence-electron chi connectivity index (χ2n) is 7.85. The summed E-state index contributed by atoms with van der Waals surface area (Å²) in [6, 6.07) is 21.1. The summed E-state index contributed by atoms with van der Waals surface area (Å²) in [6.45, 7) is 0.369. The van der Waals surface area contributed by atoms with Crippen molar-refractivity contribution in [1.82, 2.24) is 14.6 Å². The van der Waals surface area contributed by atoms with Crippen LogP contribution in [0.4, 0.5) is 15.9 Å². The van der Waals surface area contributed by atoms with Crippen molar-refractivity contribution in [3.05, 3.63) is 106 Å². The number of hydrogen-bond acceptors (Lipinski definition) is 5. The standard InChI is InChI=1S/C25H18BrClFN5O2S/c26-21-15-30-33-24(13-23(31-25(21)33)20-9-1-2-10-22(20)27)29-14-16-5-3-7-18(11-16)32-36(34,35)19-8-4-6-17(28)12-19/h1-13,15,29,32H,14H2. The minimum atomic E-state index is -3.94. The second-order valence-corrected chi connectivity index (χ2v) is 10.8. The second kappa shape index (κ2) is 9.88. The van der Waals surface area contributed by atoms with Gasteiger partial charge >= 0.3 is 0 Å². The van der Waals surface area contributed by atoms with Crippen molar-refractivity contribution in [2.24, 2.45) is 0 Å². The number of halogens is 3. The van der Waals surface area contributed by atoms with Crippen molar-refractivity contribution in [1.29, 1.82) is 0 Å². The Kier molecular flexibility index (Phi) is 6.65. The highest BCUT2D eigenvalue weighted by atomic mass is 79.9. The summed E-state index contributed by atoms with van der Waals surface area (Å²) in [5.41, 5.74) is 3.24. The smallest absolute Gasteiger partial charge is 0.261 e. The Balaban J connectivity index is 1.41. The van der Waals surface area contributed by atoms with Crippen LogP contribution in [-0.2, 0) is 16.6 Å². The summed E-state index contributed by atoms with van der Waals surface area (Å²) in [6.07, 6.45) is 1.66. The van der Waals surface area contributed by atoms with Crippen LogP contribution >= 0.6 is 27.5 Å². The van der Waals surface area contributed by atoms with E-state index in [1.54, 1.807) is 35.0 Å². The fourth-order valence-corrected chi connectivity index (χ4v) is 5.32. The highest BCUT2D eigenvalue weighted by Crippen LogP contribution is 2.30. The Labute approximate surface area is 220 Å². The maximum absolute atomic E-state index is 13.5. The molecule has 11 heteroatoms. The fraction of sp³-hybridized carbons (Fsp3) is 0.0400. The van der Waals surface area contributed by atoms with Gasteiger partial charge < -0.3 is 5.32 Å². The van der Waals surface area contributed by atoms with Crippen LogP contribution in [0.25, 0.3) is 16.9 Å². The van der Waals surface area contributed by atoms with Gasteiger partial charge in [-0.1, -0.05) is 48.0 Å². The van der Waals surface area contributed by atoms with E-state index in [0.29, 0.717) is 34.4 Å². The maximum Gasteiger partial charge on any atom is 0.261 e. The van der Waals surface area contributed by atoms with Gasteiger partial charge in [-0.25, -0.2) is 17.8 Å². The van der Waals surface area contributed by atoms with E-state index in [9.17, 15) is 12.8 Å². The first-order valence-electron chi connectivity index (χ1n) is 10.7. The van der Waals surface area contributed by atoms with E-state index < -0.39 is 15.8 Å². The number of nitrogens with zero attached hydrogens (tertiary/aromatic N) is 3. The van der Waals surface area contributed by atoms with E-state index in [-0.39, 0.29) is 4.90 Å². The summed E-state index contributed by atoms with van der Waals surface area (Å²) in [5.74, 6) is 0.0484. The van der Waals surface area contributed by atoms with Crippen molar-refractivity contribution in [2.45, 2.75) is 11.4 Å². The highest BCUT2D eigenvalue weighted by Gasteiger charge is 2.16. The summed E-state index contributed by atoms with van der Waals surface area (Å²) in [4.78, 5) is 4.55. The monoisotopic (exact) mass is 585 g/mol. The number of aromatic nitrogens is 3. The number of rotatable bonds is 7. The zero-order valence-electron chi connectivity index (χ0n) is 18.5. The molecule has 0 fully saturated rings. The lowest BCUT2D eigenvalue weighted by atomic mass is 10.1. The molecule has 36 heavy (non-hydrogen) atoms. The van der Waals surface area contributed by atoms with Crippen LogP contribution in [0.5, 0.6) is 0 Å². The first-order chi connectivity index (χ1) is 17.3. The van der Waals surface area contributed by atoms with Gasteiger partial charge in [-0.15, -0.1) is 0 Å². The number of anilines is 2. The van der Waals surface area contributed by atoms with Crippen LogP contribution in [0, 0.1) is 5.82 Å². The fourth-order valence-electron chi connectivity index (χ4n) is 3.65. The SMILES string of the molecule is O=S(=O)(Nc1cccc(CNc2cc(-c3ccccc3Cl)nc3c(Br)cnn23)c1)c1cccc(F)c1. The van der Waals surface area contributed by atoms with Gasteiger partial charge in [0.1, 0.15) is 11.6 Å². The molecular weight excluding hydrogens is 569 g/mol. The van der Waals surface area contributed by atoms with E-state index in [4.69, 9.17) is 16.6 Å². The van der Waals surface area contributed by atoms with Crippen molar-refractivity contribution < 1.29 is 12.8 Å². The third-order valence-electron chi connectivity index (χ3n) is 5.34. The number of sulfonamides is 1. The molecule has 3 aromatic carbocycles. The largest absolute Gasteiger partial charge is 0.366 e. The zero-order valence-corrected chi connectivity index (χ0v) is 21.6. The van der Waals surface area contributed by atoms with Gasteiger partial charge in [0, 0.05) is 28.9 Å². The summed E-state index contributed by atoms with van der Waals surface area (Å²) < 4.78 is 43.7. The lowest BCUT2D eigenvalue weighted by molar-refractivity contribution is 0.595. The van der Waals surface area contributed by atoms with E-state index in [2.05, 4.69) is 31.1 Å². The molecule has 0 aliphatic carbocycles. The normalized spacial score (nSPS) is 11.5. The van der Waals surface area contributed by atoms with Gasteiger partial charge in [0.25, 0.3) is 10.0 Å². The van der Waals surface area contributed by atoms with Crippen molar-refractivity contribution >= 4 is 54.7 Å². The number of benzene rings is 3.